The number of hydrogen-bond acceptors (Lipinski definition) is 4. The summed E-state index contributed by atoms with van der Waals surface area (Å²) < 4.78 is 22.8. The van der Waals surface area contributed by atoms with E-state index in [1.165, 1.54) is 30.3 Å². The van der Waals surface area contributed by atoms with Crippen molar-refractivity contribution < 1.29 is 18.0 Å². The lowest BCUT2D eigenvalue weighted by Gasteiger charge is -2.12. The summed E-state index contributed by atoms with van der Waals surface area (Å²) in [5, 5.41) is 10.9. The number of amides is 2. The van der Waals surface area contributed by atoms with Gasteiger partial charge in [0, 0.05) is 16.3 Å². The summed E-state index contributed by atoms with van der Waals surface area (Å²) in [7, 11) is -3.85. The number of carbonyl (C=O) groups excluding carboxylic acids is 2. The normalized spacial score (nSPS) is 11.6. The Balaban J connectivity index is 1.86. The molecule has 3 aromatic rings. The highest BCUT2D eigenvalue weighted by atomic mass is 35.5. The van der Waals surface area contributed by atoms with Gasteiger partial charge in [-0.15, -0.1) is 0 Å². The second-order valence-electron chi connectivity index (χ2n) is 6.45. The molecule has 0 radical (unpaired) electrons. The number of rotatable bonds is 6. The van der Waals surface area contributed by atoms with Gasteiger partial charge in [0.1, 0.15) is 5.70 Å². The first kappa shape index (κ1) is 22.2. The Morgan fingerprint density at radius 1 is 0.871 bits per heavy atom. The van der Waals surface area contributed by atoms with Gasteiger partial charge < -0.3 is 10.6 Å². The van der Waals surface area contributed by atoms with Crippen LogP contribution in [-0.4, -0.2) is 20.2 Å². The minimum absolute atomic E-state index is 0.00769. The predicted molar refractivity (Wildman–Crippen MR) is 120 cm³/mol. The first-order valence-electron chi connectivity index (χ1n) is 9.00. The highest BCUT2D eigenvalue weighted by molar-refractivity contribution is 7.89. The standard InChI is InChI=1S/C22H18ClN3O4S/c23-17-8-6-15(7-9-17)14-20(26-21(27)16-4-2-1-3-5-16)22(28)25-18-10-12-19(13-11-18)31(24,29)30/h1-14H,(H,25,28)(H,26,27)(H2,24,29,30)/b20-14+. The average molecular weight is 456 g/mol. The number of carbonyl (C=O) groups is 2. The topological polar surface area (TPSA) is 118 Å². The summed E-state index contributed by atoms with van der Waals surface area (Å²) in [5.74, 6) is -1.05. The molecular weight excluding hydrogens is 438 g/mol. The molecular formula is C22H18ClN3O4S. The summed E-state index contributed by atoms with van der Waals surface area (Å²) in [6.45, 7) is 0. The number of nitrogens with two attached hydrogens (primary N) is 1. The molecule has 0 aliphatic heterocycles. The van der Waals surface area contributed by atoms with Crippen molar-refractivity contribution in [1.29, 1.82) is 0 Å². The summed E-state index contributed by atoms with van der Waals surface area (Å²) in [6.07, 6.45) is 1.51. The van der Waals surface area contributed by atoms with Gasteiger partial charge in [-0.3, -0.25) is 9.59 Å². The molecule has 31 heavy (non-hydrogen) atoms. The fraction of sp³-hybridized carbons (Fsp3) is 0. The average Bonchev–Trinajstić information content (AvgIpc) is 2.75. The third-order valence-electron chi connectivity index (χ3n) is 4.15. The lowest BCUT2D eigenvalue weighted by molar-refractivity contribution is -0.113. The van der Waals surface area contributed by atoms with Crippen molar-refractivity contribution >= 4 is 45.2 Å². The number of benzene rings is 3. The van der Waals surface area contributed by atoms with Gasteiger partial charge >= 0.3 is 0 Å². The van der Waals surface area contributed by atoms with Gasteiger partial charge in [0.15, 0.2) is 0 Å². The molecule has 0 aromatic heterocycles. The summed E-state index contributed by atoms with van der Waals surface area (Å²) in [5.41, 5.74) is 1.35. The van der Waals surface area contributed by atoms with Gasteiger partial charge in [-0.05, 0) is 60.2 Å². The van der Waals surface area contributed by atoms with Crippen molar-refractivity contribution in [2.45, 2.75) is 4.90 Å². The second kappa shape index (κ2) is 9.57. The number of primary sulfonamides is 1. The van der Waals surface area contributed by atoms with Gasteiger partial charge in [0.05, 0.1) is 4.90 Å². The Hall–Kier alpha value is -3.46. The van der Waals surface area contributed by atoms with Crippen LogP contribution in [-0.2, 0) is 14.8 Å². The SMILES string of the molecule is NS(=O)(=O)c1ccc(NC(=O)/C(=C\c2ccc(Cl)cc2)NC(=O)c2ccccc2)cc1. The molecule has 7 nitrogen and oxygen atoms in total. The van der Waals surface area contributed by atoms with Crippen molar-refractivity contribution in [3.8, 4) is 0 Å². The lowest BCUT2D eigenvalue weighted by Crippen LogP contribution is -2.30. The maximum Gasteiger partial charge on any atom is 0.272 e. The molecule has 3 aromatic carbocycles. The Morgan fingerprint density at radius 2 is 1.48 bits per heavy atom. The maximum atomic E-state index is 12.9. The van der Waals surface area contributed by atoms with Gasteiger partial charge in [-0.25, -0.2) is 13.6 Å². The van der Waals surface area contributed by atoms with E-state index in [4.69, 9.17) is 16.7 Å². The van der Waals surface area contributed by atoms with E-state index in [-0.39, 0.29) is 10.6 Å². The van der Waals surface area contributed by atoms with Crippen LogP contribution >= 0.6 is 11.6 Å². The van der Waals surface area contributed by atoms with E-state index in [0.29, 0.717) is 21.8 Å². The molecule has 0 fully saturated rings. The van der Waals surface area contributed by atoms with Crippen LogP contribution in [0.3, 0.4) is 0 Å². The molecule has 0 unspecified atom stereocenters. The van der Waals surface area contributed by atoms with E-state index in [1.807, 2.05) is 0 Å². The van der Waals surface area contributed by atoms with Crippen LogP contribution in [0.25, 0.3) is 6.08 Å². The monoisotopic (exact) mass is 455 g/mol. The van der Waals surface area contributed by atoms with Gasteiger partial charge in [0.2, 0.25) is 10.0 Å². The largest absolute Gasteiger partial charge is 0.321 e. The molecule has 0 saturated carbocycles. The van der Waals surface area contributed by atoms with Crippen LogP contribution in [0.4, 0.5) is 5.69 Å². The zero-order chi connectivity index (χ0) is 22.4. The quantitative estimate of drug-likeness (QED) is 0.493. The molecule has 158 valence electrons. The molecule has 9 heteroatoms. The first-order valence-corrected chi connectivity index (χ1v) is 10.9. The number of sulfonamides is 1. The van der Waals surface area contributed by atoms with Crippen molar-refractivity contribution in [3.05, 3.63) is 101 Å². The van der Waals surface area contributed by atoms with E-state index in [1.54, 1.807) is 54.6 Å². The van der Waals surface area contributed by atoms with Crippen molar-refractivity contribution in [2.24, 2.45) is 5.14 Å². The molecule has 0 heterocycles. The Kier molecular flexibility index (Phi) is 6.86. The van der Waals surface area contributed by atoms with E-state index in [2.05, 4.69) is 10.6 Å². The lowest BCUT2D eigenvalue weighted by atomic mass is 10.1. The summed E-state index contributed by atoms with van der Waals surface area (Å²) in [4.78, 5) is 25.4. The molecule has 0 saturated heterocycles. The fourth-order valence-corrected chi connectivity index (χ4v) is 3.24. The zero-order valence-electron chi connectivity index (χ0n) is 16.1. The second-order valence-corrected chi connectivity index (χ2v) is 8.45. The molecule has 0 atom stereocenters. The molecule has 0 aliphatic carbocycles. The smallest absolute Gasteiger partial charge is 0.272 e. The Bertz CT molecular complexity index is 1220. The van der Waals surface area contributed by atoms with Crippen molar-refractivity contribution in [2.75, 3.05) is 5.32 Å². The first-order chi connectivity index (χ1) is 14.7. The predicted octanol–water partition coefficient (Wildman–Crippen LogP) is 3.40. The van der Waals surface area contributed by atoms with Gasteiger partial charge in [0.25, 0.3) is 11.8 Å². The molecule has 0 aliphatic rings. The molecule has 4 N–H and O–H groups in total. The molecule has 0 bridgehead atoms. The third-order valence-corrected chi connectivity index (χ3v) is 5.33. The highest BCUT2D eigenvalue weighted by Gasteiger charge is 2.15. The van der Waals surface area contributed by atoms with Crippen LogP contribution in [0.15, 0.2) is 89.5 Å². The van der Waals surface area contributed by atoms with Crippen molar-refractivity contribution in [1.82, 2.24) is 5.32 Å². The van der Waals surface area contributed by atoms with E-state index < -0.39 is 21.8 Å². The van der Waals surface area contributed by atoms with Crippen LogP contribution in [0.2, 0.25) is 5.02 Å². The maximum absolute atomic E-state index is 12.9. The van der Waals surface area contributed by atoms with Gasteiger partial charge in [-0.2, -0.15) is 0 Å². The van der Waals surface area contributed by atoms with Crippen LogP contribution in [0, 0.1) is 0 Å². The minimum atomic E-state index is -3.85. The molecule has 0 spiro atoms. The van der Waals surface area contributed by atoms with Crippen LogP contribution < -0.4 is 15.8 Å². The van der Waals surface area contributed by atoms with E-state index in [0.717, 1.165) is 0 Å². The number of hydrogen-bond donors (Lipinski definition) is 3. The summed E-state index contributed by atoms with van der Waals surface area (Å²) in [6, 6.07) is 20.5. The highest BCUT2D eigenvalue weighted by Crippen LogP contribution is 2.16. The molecule has 3 rings (SSSR count). The Morgan fingerprint density at radius 3 is 2.06 bits per heavy atom. The minimum Gasteiger partial charge on any atom is -0.321 e. The number of nitrogens with one attached hydrogen (secondary N) is 2. The zero-order valence-corrected chi connectivity index (χ0v) is 17.7. The number of halogens is 1. The van der Waals surface area contributed by atoms with Gasteiger partial charge in [-0.1, -0.05) is 41.9 Å². The fourth-order valence-electron chi connectivity index (χ4n) is 2.59. The number of anilines is 1. The van der Waals surface area contributed by atoms with Crippen LogP contribution in [0.1, 0.15) is 15.9 Å². The van der Waals surface area contributed by atoms with E-state index >= 15 is 0 Å². The van der Waals surface area contributed by atoms with Crippen molar-refractivity contribution in [3.63, 3.8) is 0 Å². The molecule has 2 amide bonds. The third kappa shape index (κ3) is 6.26. The van der Waals surface area contributed by atoms with Crippen LogP contribution in [0.5, 0.6) is 0 Å². The van der Waals surface area contributed by atoms with E-state index in [9.17, 15) is 18.0 Å². The summed E-state index contributed by atoms with van der Waals surface area (Å²) >= 11 is 5.91. The Labute approximate surface area is 184 Å².